The van der Waals surface area contributed by atoms with Crippen LogP contribution in [0.25, 0.3) is 11.4 Å². The number of hydrogen-bond acceptors (Lipinski definition) is 4. The highest BCUT2D eigenvalue weighted by Crippen LogP contribution is 2.26. The Morgan fingerprint density at radius 3 is 2.60 bits per heavy atom. The highest BCUT2D eigenvalue weighted by Gasteiger charge is 2.19. The first kappa shape index (κ1) is 17.7. The highest BCUT2D eigenvalue weighted by molar-refractivity contribution is 6.36. The third-order valence-corrected chi connectivity index (χ3v) is 4.34. The van der Waals surface area contributed by atoms with Gasteiger partial charge < -0.3 is 9.42 Å². The topological polar surface area (TPSA) is 59.2 Å². The molecule has 1 aromatic heterocycles. The minimum atomic E-state index is -0.279. The summed E-state index contributed by atoms with van der Waals surface area (Å²) < 4.78 is 5.21. The summed E-state index contributed by atoms with van der Waals surface area (Å²) in [5.74, 6) is 0.376. The molecule has 1 amide bonds. The number of carbonyl (C=O) groups excluding carboxylic acids is 1. The molecule has 0 aliphatic carbocycles. The van der Waals surface area contributed by atoms with Crippen LogP contribution >= 0.6 is 34.8 Å². The van der Waals surface area contributed by atoms with Crippen LogP contribution in [0.1, 0.15) is 16.2 Å². The molecular weight excluding hydrogens is 385 g/mol. The van der Waals surface area contributed by atoms with Gasteiger partial charge in [-0.2, -0.15) is 4.98 Å². The van der Waals surface area contributed by atoms with Gasteiger partial charge in [0.1, 0.15) is 0 Å². The zero-order valence-corrected chi connectivity index (χ0v) is 15.3. The SMILES string of the molecule is CN(Cc1nc(-c2ccccc2Cl)no1)C(=O)c1ccc(Cl)cc1Cl. The fourth-order valence-electron chi connectivity index (χ4n) is 2.21. The fraction of sp³-hybridized carbons (Fsp3) is 0.118. The van der Waals surface area contributed by atoms with Gasteiger partial charge in [0.05, 0.1) is 22.2 Å². The molecule has 3 rings (SSSR count). The largest absolute Gasteiger partial charge is 0.337 e. The van der Waals surface area contributed by atoms with Crippen LogP contribution in [0.15, 0.2) is 47.0 Å². The summed E-state index contributed by atoms with van der Waals surface area (Å²) in [5.41, 5.74) is 1.01. The van der Waals surface area contributed by atoms with Crippen molar-refractivity contribution >= 4 is 40.7 Å². The second-order valence-corrected chi connectivity index (χ2v) is 6.53. The molecule has 1 heterocycles. The van der Waals surface area contributed by atoms with Crippen molar-refractivity contribution in [3.8, 4) is 11.4 Å². The van der Waals surface area contributed by atoms with Crippen LogP contribution in [0.4, 0.5) is 0 Å². The molecule has 0 spiro atoms. The first-order chi connectivity index (χ1) is 12.0. The van der Waals surface area contributed by atoms with Gasteiger partial charge in [-0.05, 0) is 30.3 Å². The molecule has 0 radical (unpaired) electrons. The lowest BCUT2D eigenvalue weighted by atomic mass is 10.2. The van der Waals surface area contributed by atoms with Crippen molar-refractivity contribution in [3.63, 3.8) is 0 Å². The number of nitrogens with zero attached hydrogens (tertiary/aromatic N) is 3. The van der Waals surface area contributed by atoms with E-state index >= 15 is 0 Å². The van der Waals surface area contributed by atoms with Crippen LogP contribution in [0.3, 0.4) is 0 Å². The van der Waals surface area contributed by atoms with E-state index in [1.807, 2.05) is 12.1 Å². The summed E-state index contributed by atoms with van der Waals surface area (Å²) in [5, 5.41) is 5.18. The summed E-state index contributed by atoms with van der Waals surface area (Å²) >= 11 is 18.0. The molecule has 2 aromatic carbocycles. The molecule has 0 saturated carbocycles. The number of rotatable bonds is 4. The predicted molar refractivity (Wildman–Crippen MR) is 97.0 cm³/mol. The molecule has 0 atom stereocenters. The van der Waals surface area contributed by atoms with Crippen LogP contribution in [-0.4, -0.2) is 28.0 Å². The van der Waals surface area contributed by atoms with Crippen LogP contribution in [-0.2, 0) is 6.54 Å². The minimum absolute atomic E-state index is 0.134. The summed E-state index contributed by atoms with van der Waals surface area (Å²) in [6, 6.07) is 11.9. The number of aromatic nitrogens is 2. The minimum Gasteiger partial charge on any atom is -0.337 e. The molecule has 0 unspecified atom stereocenters. The fourth-order valence-corrected chi connectivity index (χ4v) is 2.92. The maximum Gasteiger partial charge on any atom is 0.255 e. The van der Waals surface area contributed by atoms with E-state index in [-0.39, 0.29) is 23.4 Å². The second-order valence-electron chi connectivity index (χ2n) is 5.28. The summed E-state index contributed by atoms with van der Waals surface area (Å²) in [7, 11) is 1.62. The lowest BCUT2D eigenvalue weighted by Crippen LogP contribution is -2.26. The molecule has 0 saturated heterocycles. The first-order valence-electron chi connectivity index (χ1n) is 7.23. The van der Waals surface area contributed by atoms with Crippen molar-refractivity contribution in [2.75, 3.05) is 7.05 Å². The molecule has 8 heteroatoms. The van der Waals surface area contributed by atoms with E-state index in [1.165, 1.54) is 11.0 Å². The van der Waals surface area contributed by atoms with Crippen molar-refractivity contribution in [1.29, 1.82) is 0 Å². The Balaban J connectivity index is 1.76. The number of benzene rings is 2. The highest BCUT2D eigenvalue weighted by atomic mass is 35.5. The van der Waals surface area contributed by atoms with E-state index in [0.717, 1.165) is 0 Å². The molecule has 5 nitrogen and oxygen atoms in total. The Hall–Kier alpha value is -2.08. The van der Waals surface area contributed by atoms with Gasteiger partial charge >= 0.3 is 0 Å². The van der Waals surface area contributed by atoms with Gasteiger partial charge in [-0.1, -0.05) is 52.1 Å². The Morgan fingerprint density at radius 2 is 1.88 bits per heavy atom. The molecule has 3 aromatic rings. The molecule has 0 bridgehead atoms. The van der Waals surface area contributed by atoms with Gasteiger partial charge in [0.25, 0.3) is 5.91 Å². The maximum absolute atomic E-state index is 12.5. The van der Waals surface area contributed by atoms with Crippen molar-refractivity contribution in [3.05, 3.63) is 69.0 Å². The Kier molecular flexibility index (Phi) is 5.27. The lowest BCUT2D eigenvalue weighted by molar-refractivity contribution is 0.0770. The Bertz CT molecular complexity index is 927. The van der Waals surface area contributed by atoms with Gasteiger partial charge in [-0.3, -0.25) is 4.79 Å². The first-order valence-corrected chi connectivity index (χ1v) is 8.37. The zero-order valence-electron chi connectivity index (χ0n) is 13.0. The van der Waals surface area contributed by atoms with Crippen molar-refractivity contribution in [1.82, 2.24) is 15.0 Å². The van der Waals surface area contributed by atoms with Crippen molar-refractivity contribution in [2.24, 2.45) is 0 Å². The quantitative estimate of drug-likeness (QED) is 0.625. The van der Waals surface area contributed by atoms with Crippen molar-refractivity contribution < 1.29 is 9.32 Å². The molecule has 128 valence electrons. The van der Waals surface area contributed by atoms with Crippen molar-refractivity contribution in [2.45, 2.75) is 6.54 Å². The summed E-state index contributed by atoms with van der Waals surface area (Å²) in [6.07, 6.45) is 0. The van der Waals surface area contributed by atoms with Gasteiger partial charge in [0, 0.05) is 17.6 Å². The van der Waals surface area contributed by atoms with Crippen LogP contribution in [0.2, 0.25) is 15.1 Å². The Morgan fingerprint density at radius 1 is 1.12 bits per heavy atom. The molecular formula is C17H12Cl3N3O2. The third kappa shape index (κ3) is 3.95. The summed E-state index contributed by atoms with van der Waals surface area (Å²) in [6.45, 7) is 0.134. The lowest BCUT2D eigenvalue weighted by Gasteiger charge is -2.15. The molecule has 0 aliphatic rings. The van der Waals surface area contributed by atoms with Gasteiger partial charge in [0.15, 0.2) is 0 Å². The molecule has 25 heavy (non-hydrogen) atoms. The smallest absolute Gasteiger partial charge is 0.255 e. The van der Waals surface area contributed by atoms with E-state index in [4.69, 9.17) is 39.3 Å². The van der Waals surface area contributed by atoms with Crippen LogP contribution in [0.5, 0.6) is 0 Å². The predicted octanol–water partition coefficient (Wildman–Crippen LogP) is 4.97. The van der Waals surface area contributed by atoms with E-state index < -0.39 is 0 Å². The van der Waals surface area contributed by atoms with E-state index in [0.29, 0.717) is 27.0 Å². The average Bonchev–Trinajstić information content (AvgIpc) is 3.03. The van der Waals surface area contributed by atoms with Crippen LogP contribution in [0, 0.1) is 0 Å². The molecule has 0 fully saturated rings. The average molecular weight is 397 g/mol. The standard InChI is InChI=1S/C17H12Cl3N3O2/c1-23(17(24)12-7-6-10(18)8-14(12)20)9-15-21-16(22-25-15)11-4-2-3-5-13(11)19/h2-8H,9H2,1H3. The number of halogens is 3. The molecule has 0 N–H and O–H groups in total. The third-order valence-electron chi connectivity index (χ3n) is 3.46. The van der Waals surface area contributed by atoms with E-state index in [1.54, 1.807) is 31.3 Å². The van der Waals surface area contributed by atoms with E-state index in [2.05, 4.69) is 10.1 Å². The Labute approximate surface area is 159 Å². The monoisotopic (exact) mass is 395 g/mol. The second kappa shape index (κ2) is 7.44. The van der Waals surface area contributed by atoms with E-state index in [9.17, 15) is 4.79 Å². The number of carbonyl (C=O) groups is 1. The number of amides is 1. The van der Waals surface area contributed by atoms with Crippen LogP contribution < -0.4 is 0 Å². The number of hydrogen-bond donors (Lipinski definition) is 0. The maximum atomic E-state index is 12.5. The normalized spacial score (nSPS) is 10.7. The van der Waals surface area contributed by atoms with Gasteiger partial charge in [-0.15, -0.1) is 0 Å². The molecule has 0 aliphatic heterocycles. The zero-order chi connectivity index (χ0) is 18.0. The summed E-state index contributed by atoms with van der Waals surface area (Å²) in [4.78, 5) is 18.2. The van der Waals surface area contributed by atoms with Gasteiger partial charge in [-0.25, -0.2) is 0 Å². The van der Waals surface area contributed by atoms with Gasteiger partial charge in [0.2, 0.25) is 11.7 Å².